The molecule has 0 aliphatic carbocycles. The maximum atomic E-state index is 12.8. The summed E-state index contributed by atoms with van der Waals surface area (Å²) >= 11 is 0. The van der Waals surface area contributed by atoms with Gasteiger partial charge in [0.05, 0.1) is 6.10 Å². The summed E-state index contributed by atoms with van der Waals surface area (Å²) in [4.78, 5) is 25.1. The first-order valence-electron chi connectivity index (χ1n) is 9.38. The van der Waals surface area contributed by atoms with Crippen LogP contribution < -0.4 is 15.0 Å². The van der Waals surface area contributed by atoms with Crippen molar-refractivity contribution in [1.29, 1.82) is 5.41 Å². The molecule has 1 aliphatic rings. The molecule has 3 rings (SSSR count). The SMILES string of the molecule is CNc1ccccc1C(=N)C(=O)N1CCN(c2cc(OC(C)C)ncn2)CC1. The lowest BCUT2D eigenvalue weighted by atomic mass is 10.1. The van der Waals surface area contributed by atoms with E-state index in [1.807, 2.05) is 38.1 Å². The molecule has 148 valence electrons. The van der Waals surface area contributed by atoms with E-state index in [2.05, 4.69) is 20.2 Å². The van der Waals surface area contributed by atoms with E-state index in [-0.39, 0.29) is 17.7 Å². The van der Waals surface area contributed by atoms with Gasteiger partial charge in [-0.3, -0.25) is 10.2 Å². The van der Waals surface area contributed by atoms with E-state index in [4.69, 9.17) is 10.1 Å². The summed E-state index contributed by atoms with van der Waals surface area (Å²) in [5.74, 6) is 1.08. The Hall–Kier alpha value is -3.16. The molecule has 8 heteroatoms. The van der Waals surface area contributed by atoms with Crippen molar-refractivity contribution < 1.29 is 9.53 Å². The largest absolute Gasteiger partial charge is 0.475 e. The second kappa shape index (κ2) is 8.69. The first-order valence-corrected chi connectivity index (χ1v) is 9.38. The monoisotopic (exact) mass is 382 g/mol. The van der Waals surface area contributed by atoms with Gasteiger partial charge in [0.1, 0.15) is 17.9 Å². The molecule has 0 saturated carbocycles. The van der Waals surface area contributed by atoms with E-state index in [0.29, 0.717) is 37.6 Å². The Morgan fingerprint density at radius 1 is 1.18 bits per heavy atom. The van der Waals surface area contributed by atoms with Crippen molar-refractivity contribution in [3.05, 3.63) is 42.2 Å². The predicted octanol–water partition coefficient (Wildman–Crippen LogP) is 2.02. The number of ether oxygens (including phenoxy) is 1. The minimum absolute atomic E-state index is 0.00746. The van der Waals surface area contributed by atoms with Gasteiger partial charge in [-0.2, -0.15) is 0 Å². The van der Waals surface area contributed by atoms with Crippen molar-refractivity contribution in [2.24, 2.45) is 0 Å². The molecular weight excluding hydrogens is 356 g/mol. The summed E-state index contributed by atoms with van der Waals surface area (Å²) in [6.45, 7) is 6.26. The highest BCUT2D eigenvalue weighted by molar-refractivity contribution is 6.45. The van der Waals surface area contributed by atoms with Gasteiger partial charge < -0.3 is 19.9 Å². The summed E-state index contributed by atoms with van der Waals surface area (Å²) in [6, 6.07) is 9.19. The quantitative estimate of drug-likeness (QED) is 0.743. The van der Waals surface area contributed by atoms with Crippen molar-refractivity contribution in [1.82, 2.24) is 14.9 Å². The fourth-order valence-electron chi connectivity index (χ4n) is 3.14. The van der Waals surface area contributed by atoms with E-state index in [1.54, 1.807) is 18.0 Å². The van der Waals surface area contributed by atoms with Crippen molar-refractivity contribution in [2.75, 3.05) is 43.4 Å². The zero-order chi connectivity index (χ0) is 20.1. The number of nitrogens with one attached hydrogen (secondary N) is 2. The van der Waals surface area contributed by atoms with Gasteiger partial charge in [0, 0.05) is 50.5 Å². The van der Waals surface area contributed by atoms with Crippen LogP contribution in [0.4, 0.5) is 11.5 Å². The smallest absolute Gasteiger partial charge is 0.272 e. The van der Waals surface area contributed by atoms with Crippen molar-refractivity contribution in [3.8, 4) is 5.88 Å². The highest BCUT2D eigenvalue weighted by Crippen LogP contribution is 2.20. The van der Waals surface area contributed by atoms with Crippen LogP contribution in [0.2, 0.25) is 0 Å². The summed E-state index contributed by atoms with van der Waals surface area (Å²) < 4.78 is 5.63. The fraction of sp³-hybridized carbons (Fsp3) is 0.400. The third-order valence-electron chi connectivity index (χ3n) is 4.55. The van der Waals surface area contributed by atoms with Gasteiger partial charge in [0.25, 0.3) is 5.91 Å². The first-order chi connectivity index (χ1) is 13.5. The molecule has 1 saturated heterocycles. The lowest BCUT2D eigenvalue weighted by Gasteiger charge is -2.35. The molecule has 0 bridgehead atoms. The average Bonchev–Trinajstić information content (AvgIpc) is 2.72. The van der Waals surface area contributed by atoms with Gasteiger partial charge in [0.2, 0.25) is 5.88 Å². The lowest BCUT2D eigenvalue weighted by Crippen LogP contribution is -2.51. The van der Waals surface area contributed by atoms with Crippen molar-refractivity contribution in [3.63, 3.8) is 0 Å². The molecule has 1 amide bonds. The Balaban J connectivity index is 1.63. The number of aromatic nitrogens is 2. The predicted molar refractivity (Wildman–Crippen MR) is 109 cm³/mol. The first kappa shape index (κ1) is 19.6. The molecule has 1 aliphatic heterocycles. The minimum atomic E-state index is -0.256. The molecule has 1 aromatic heterocycles. The molecule has 2 N–H and O–H groups in total. The van der Waals surface area contributed by atoms with E-state index < -0.39 is 0 Å². The Morgan fingerprint density at radius 2 is 1.89 bits per heavy atom. The highest BCUT2D eigenvalue weighted by atomic mass is 16.5. The van der Waals surface area contributed by atoms with Gasteiger partial charge in [-0.1, -0.05) is 18.2 Å². The third-order valence-corrected chi connectivity index (χ3v) is 4.55. The molecule has 1 aromatic carbocycles. The van der Waals surface area contributed by atoms with Crippen LogP contribution in [0.15, 0.2) is 36.7 Å². The molecule has 1 fully saturated rings. The molecule has 8 nitrogen and oxygen atoms in total. The van der Waals surface area contributed by atoms with E-state index >= 15 is 0 Å². The number of amides is 1. The maximum absolute atomic E-state index is 12.8. The number of carbonyl (C=O) groups is 1. The molecular formula is C20H26N6O2. The molecule has 2 heterocycles. The highest BCUT2D eigenvalue weighted by Gasteiger charge is 2.26. The zero-order valence-electron chi connectivity index (χ0n) is 16.5. The van der Waals surface area contributed by atoms with Crippen LogP contribution in [0.5, 0.6) is 5.88 Å². The standard InChI is InChI=1S/C20H26N6O2/c1-14(2)28-18-12-17(23-13-24-18)25-8-10-26(11-9-25)20(27)19(21)15-6-4-5-7-16(15)22-3/h4-7,12-14,21-22H,8-11H2,1-3H3. The summed E-state index contributed by atoms with van der Waals surface area (Å²) in [6.07, 6.45) is 1.54. The second-order valence-corrected chi connectivity index (χ2v) is 6.83. The maximum Gasteiger partial charge on any atom is 0.272 e. The molecule has 28 heavy (non-hydrogen) atoms. The third kappa shape index (κ3) is 4.39. The van der Waals surface area contributed by atoms with Crippen molar-refractivity contribution >= 4 is 23.1 Å². The van der Waals surface area contributed by atoms with Gasteiger partial charge >= 0.3 is 0 Å². The molecule has 0 radical (unpaired) electrons. The molecule has 2 aromatic rings. The topological polar surface area (TPSA) is 94.4 Å². The van der Waals surface area contributed by atoms with Gasteiger partial charge in [0.15, 0.2) is 0 Å². The van der Waals surface area contributed by atoms with Gasteiger partial charge in [-0.05, 0) is 19.9 Å². The summed E-state index contributed by atoms with van der Waals surface area (Å²) in [5.41, 5.74) is 1.40. The summed E-state index contributed by atoms with van der Waals surface area (Å²) in [7, 11) is 1.79. The van der Waals surface area contributed by atoms with Gasteiger partial charge in [-0.25, -0.2) is 9.97 Å². The lowest BCUT2D eigenvalue weighted by molar-refractivity contribution is -0.124. The summed E-state index contributed by atoms with van der Waals surface area (Å²) in [5, 5.41) is 11.4. The Labute approximate surface area is 165 Å². The normalized spacial score (nSPS) is 14.1. The number of benzene rings is 1. The number of hydrogen-bond donors (Lipinski definition) is 2. The number of para-hydroxylation sites is 1. The van der Waals surface area contributed by atoms with Gasteiger partial charge in [-0.15, -0.1) is 0 Å². The number of piperazine rings is 1. The zero-order valence-corrected chi connectivity index (χ0v) is 16.5. The van der Waals surface area contributed by atoms with E-state index in [1.165, 1.54) is 6.33 Å². The van der Waals surface area contributed by atoms with Crippen LogP contribution >= 0.6 is 0 Å². The number of nitrogens with zero attached hydrogens (tertiary/aromatic N) is 4. The number of carbonyl (C=O) groups excluding carboxylic acids is 1. The number of rotatable bonds is 6. The Kier molecular flexibility index (Phi) is 6.08. The van der Waals surface area contributed by atoms with Crippen molar-refractivity contribution in [2.45, 2.75) is 20.0 Å². The minimum Gasteiger partial charge on any atom is -0.475 e. The number of hydrogen-bond acceptors (Lipinski definition) is 7. The van der Waals surface area contributed by atoms with Crippen LogP contribution in [0.3, 0.4) is 0 Å². The molecule has 0 spiro atoms. The van der Waals surface area contributed by atoms with Crippen LogP contribution in [0.1, 0.15) is 19.4 Å². The van der Waals surface area contributed by atoms with E-state index in [0.717, 1.165) is 11.5 Å². The molecule has 0 atom stereocenters. The Morgan fingerprint density at radius 3 is 2.57 bits per heavy atom. The Bertz CT molecular complexity index is 846. The van der Waals surface area contributed by atoms with Crippen LogP contribution in [0, 0.1) is 5.41 Å². The number of anilines is 2. The van der Waals surface area contributed by atoms with Crippen LogP contribution in [0.25, 0.3) is 0 Å². The fourth-order valence-corrected chi connectivity index (χ4v) is 3.14. The molecule has 0 unspecified atom stereocenters. The van der Waals surface area contributed by atoms with Crippen LogP contribution in [-0.2, 0) is 4.79 Å². The van der Waals surface area contributed by atoms with Crippen LogP contribution in [-0.4, -0.2) is 65.8 Å². The van der Waals surface area contributed by atoms with E-state index in [9.17, 15) is 4.79 Å². The average molecular weight is 382 g/mol. The second-order valence-electron chi connectivity index (χ2n) is 6.83.